The summed E-state index contributed by atoms with van der Waals surface area (Å²) in [5.74, 6) is -1.14. The molecule has 5 nitrogen and oxygen atoms in total. The second kappa shape index (κ2) is 5.18. The first-order valence-electron chi connectivity index (χ1n) is 5.42. The second-order valence-electron chi connectivity index (χ2n) is 4.02. The molecule has 19 heavy (non-hydrogen) atoms. The fraction of sp³-hybridized carbons (Fsp3) is 0.364. The lowest BCUT2D eigenvalue weighted by Gasteiger charge is -2.37. The smallest absolute Gasteiger partial charge is 0.324 e. The highest BCUT2D eigenvalue weighted by atomic mass is 79.9. The Bertz CT molecular complexity index is 619. The van der Waals surface area contributed by atoms with E-state index >= 15 is 0 Å². The van der Waals surface area contributed by atoms with Crippen molar-refractivity contribution in [2.24, 2.45) is 0 Å². The summed E-state index contributed by atoms with van der Waals surface area (Å²) in [5.41, 5.74) is 0. The number of rotatable bonds is 3. The molecule has 0 aromatic heterocycles. The molecule has 0 spiro atoms. The molecule has 0 amide bonds. The number of sulfonamides is 1. The first-order chi connectivity index (χ1) is 8.87. The molecule has 1 atom stereocenters. The predicted octanol–water partition coefficient (Wildman–Crippen LogP) is 1.52. The lowest BCUT2D eigenvalue weighted by atomic mass is 10.1. The first-order valence-corrected chi connectivity index (χ1v) is 7.66. The molecule has 104 valence electrons. The molecule has 1 unspecified atom stereocenters. The van der Waals surface area contributed by atoms with Gasteiger partial charge in [-0.15, -0.1) is 0 Å². The highest BCUT2D eigenvalue weighted by Gasteiger charge is 2.43. The number of esters is 1. The van der Waals surface area contributed by atoms with Crippen LogP contribution in [-0.2, 0) is 19.6 Å². The van der Waals surface area contributed by atoms with E-state index in [1.807, 2.05) is 0 Å². The van der Waals surface area contributed by atoms with Crippen molar-refractivity contribution >= 4 is 31.9 Å². The van der Waals surface area contributed by atoms with Gasteiger partial charge in [-0.25, -0.2) is 12.8 Å². The van der Waals surface area contributed by atoms with Crippen molar-refractivity contribution in [1.82, 2.24) is 4.31 Å². The second-order valence-corrected chi connectivity index (χ2v) is 6.76. The SMILES string of the molecule is COC(=O)C1CCN1S(=O)(=O)c1ccc(F)c(Br)c1. The number of methoxy groups -OCH3 is 1. The average molecular weight is 352 g/mol. The van der Waals surface area contributed by atoms with Gasteiger partial charge < -0.3 is 4.74 Å². The molecule has 1 aromatic carbocycles. The Labute approximate surface area is 118 Å². The number of nitrogens with zero attached hydrogens (tertiary/aromatic N) is 1. The van der Waals surface area contributed by atoms with Crippen molar-refractivity contribution in [3.8, 4) is 0 Å². The van der Waals surface area contributed by atoms with Gasteiger partial charge in [0.25, 0.3) is 0 Å². The number of halogens is 2. The van der Waals surface area contributed by atoms with Crippen molar-refractivity contribution in [1.29, 1.82) is 0 Å². The van der Waals surface area contributed by atoms with Crippen LogP contribution >= 0.6 is 15.9 Å². The Morgan fingerprint density at radius 3 is 2.68 bits per heavy atom. The van der Waals surface area contributed by atoms with Crippen molar-refractivity contribution in [3.05, 3.63) is 28.5 Å². The Morgan fingerprint density at radius 1 is 1.53 bits per heavy atom. The summed E-state index contributed by atoms with van der Waals surface area (Å²) in [6.45, 7) is 0.247. The fourth-order valence-electron chi connectivity index (χ4n) is 1.80. The van der Waals surface area contributed by atoms with Gasteiger partial charge in [-0.2, -0.15) is 4.31 Å². The highest BCUT2D eigenvalue weighted by Crippen LogP contribution is 2.29. The minimum Gasteiger partial charge on any atom is -0.468 e. The maximum absolute atomic E-state index is 13.1. The first kappa shape index (κ1) is 14.4. The van der Waals surface area contributed by atoms with Crippen molar-refractivity contribution in [2.75, 3.05) is 13.7 Å². The summed E-state index contributed by atoms with van der Waals surface area (Å²) in [6.07, 6.45) is 0.425. The van der Waals surface area contributed by atoms with Gasteiger partial charge in [0.15, 0.2) is 0 Å². The quantitative estimate of drug-likeness (QED) is 0.774. The molecule has 0 saturated carbocycles. The minimum absolute atomic E-state index is 0.0590. The summed E-state index contributed by atoms with van der Waals surface area (Å²) in [5, 5.41) is 0. The van der Waals surface area contributed by atoms with Gasteiger partial charge >= 0.3 is 5.97 Å². The van der Waals surface area contributed by atoms with Crippen LogP contribution in [0.25, 0.3) is 0 Å². The number of benzene rings is 1. The van der Waals surface area contributed by atoms with Crippen LogP contribution in [0, 0.1) is 5.82 Å². The van der Waals surface area contributed by atoms with E-state index in [1.54, 1.807) is 0 Å². The molecule has 1 heterocycles. The largest absolute Gasteiger partial charge is 0.468 e. The molecule has 1 aliphatic rings. The molecule has 0 radical (unpaired) electrons. The molecule has 0 bridgehead atoms. The van der Waals surface area contributed by atoms with Crippen LogP contribution < -0.4 is 0 Å². The van der Waals surface area contributed by atoms with Crippen LogP contribution in [0.5, 0.6) is 0 Å². The van der Waals surface area contributed by atoms with E-state index in [9.17, 15) is 17.6 Å². The Hall–Kier alpha value is -0.990. The summed E-state index contributed by atoms with van der Waals surface area (Å²) in [6, 6.07) is 2.61. The van der Waals surface area contributed by atoms with Gasteiger partial charge in [-0.3, -0.25) is 4.79 Å². The number of carbonyl (C=O) groups is 1. The molecule has 8 heteroatoms. The monoisotopic (exact) mass is 351 g/mol. The number of hydrogen-bond acceptors (Lipinski definition) is 4. The molecule has 1 fully saturated rings. The number of hydrogen-bond donors (Lipinski definition) is 0. The third kappa shape index (κ3) is 2.52. The van der Waals surface area contributed by atoms with Crippen LogP contribution in [0.4, 0.5) is 4.39 Å². The molecular formula is C11H11BrFNO4S. The van der Waals surface area contributed by atoms with Crippen LogP contribution in [0.2, 0.25) is 0 Å². The predicted molar refractivity (Wildman–Crippen MR) is 68.4 cm³/mol. The number of ether oxygens (including phenoxy) is 1. The summed E-state index contributed by atoms with van der Waals surface area (Å²) < 4.78 is 43.3. The maximum atomic E-state index is 13.1. The van der Waals surface area contributed by atoms with Crippen molar-refractivity contribution in [2.45, 2.75) is 17.4 Å². The van der Waals surface area contributed by atoms with E-state index < -0.39 is 27.9 Å². The van der Waals surface area contributed by atoms with E-state index in [0.29, 0.717) is 6.42 Å². The van der Waals surface area contributed by atoms with Crippen molar-refractivity contribution < 1.29 is 22.3 Å². The molecule has 1 aliphatic heterocycles. The van der Waals surface area contributed by atoms with Gasteiger partial charge in [0.05, 0.1) is 16.5 Å². The zero-order valence-corrected chi connectivity index (χ0v) is 12.4. The zero-order chi connectivity index (χ0) is 14.2. The average Bonchev–Trinajstić information content (AvgIpc) is 2.30. The Kier molecular flexibility index (Phi) is 3.93. The number of carbonyl (C=O) groups excluding carboxylic acids is 1. The van der Waals surface area contributed by atoms with E-state index in [-0.39, 0.29) is 15.9 Å². The third-order valence-electron chi connectivity index (χ3n) is 2.94. The standard InChI is InChI=1S/C11H11BrFNO4S/c1-18-11(15)10-4-5-14(10)19(16,17)7-2-3-9(13)8(12)6-7/h2-3,6,10H,4-5H2,1H3. The lowest BCUT2D eigenvalue weighted by Crippen LogP contribution is -2.55. The zero-order valence-electron chi connectivity index (χ0n) is 9.97. The molecule has 2 rings (SSSR count). The normalized spacial score (nSPS) is 19.8. The van der Waals surface area contributed by atoms with E-state index in [1.165, 1.54) is 19.2 Å². The fourth-order valence-corrected chi connectivity index (χ4v) is 3.98. The van der Waals surface area contributed by atoms with Crippen LogP contribution in [0.15, 0.2) is 27.6 Å². The van der Waals surface area contributed by atoms with E-state index in [4.69, 9.17) is 0 Å². The maximum Gasteiger partial charge on any atom is 0.324 e. The lowest BCUT2D eigenvalue weighted by molar-refractivity contribution is -0.148. The van der Waals surface area contributed by atoms with E-state index in [0.717, 1.165) is 10.4 Å². The van der Waals surface area contributed by atoms with Gasteiger partial charge in [0.1, 0.15) is 11.9 Å². The van der Waals surface area contributed by atoms with Crippen LogP contribution in [-0.4, -0.2) is 38.4 Å². The van der Waals surface area contributed by atoms with E-state index in [2.05, 4.69) is 20.7 Å². The molecular weight excluding hydrogens is 341 g/mol. The molecule has 1 saturated heterocycles. The summed E-state index contributed by atoms with van der Waals surface area (Å²) in [4.78, 5) is 11.3. The van der Waals surface area contributed by atoms with Gasteiger partial charge in [0.2, 0.25) is 10.0 Å². The van der Waals surface area contributed by atoms with Crippen LogP contribution in [0.3, 0.4) is 0 Å². The van der Waals surface area contributed by atoms with Gasteiger partial charge in [-0.1, -0.05) is 0 Å². The van der Waals surface area contributed by atoms with Gasteiger partial charge in [0, 0.05) is 6.54 Å². The minimum atomic E-state index is -3.81. The molecule has 0 aliphatic carbocycles. The Morgan fingerprint density at radius 2 is 2.21 bits per heavy atom. The molecule has 0 N–H and O–H groups in total. The highest BCUT2D eigenvalue weighted by molar-refractivity contribution is 9.10. The summed E-state index contributed by atoms with van der Waals surface area (Å²) >= 11 is 2.94. The Balaban J connectivity index is 2.32. The van der Waals surface area contributed by atoms with Gasteiger partial charge in [-0.05, 0) is 40.5 Å². The third-order valence-corrected chi connectivity index (χ3v) is 5.45. The van der Waals surface area contributed by atoms with Crippen LogP contribution in [0.1, 0.15) is 6.42 Å². The summed E-state index contributed by atoms with van der Waals surface area (Å²) in [7, 11) is -2.60. The molecule has 1 aromatic rings. The topological polar surface area (TPSA) is 63.7 Å². The van der Waals surface area contributed by atoms with Crippen molar-refractivity contribution in [3.63, 3.8) is 0 Å².